The number of ether oxygens (including phenoxy) is 5. The summed E-state index contributed by atoms with van der Waals surface area (Å²) in [5.74, 6) is 2.84. The van der Waals surface area contributed by atoms with Crippen molar-refractivity contribution in [1.82, 2.24) is 4.90 Å². The number of methoxy groups -OCH3 is 5. The van der Waals surface area contributed by atoms with Crippen molar-refractivity contribution in [3.63, 3.8) is 0 Å². The molecule has 1 aliphatic rings. The summed E-state index contributed by atoms with van der Waals surface area (Å²) in [6.07, 6.45) is 0.0517. The quantitative estimate of drug-likeness (QED) is 0.762. The van der Waals surface area contributed by atoms with Gasteiger partial charge in [-0.05, 0) is 54.4 Å². The van der Waals surface area contributed by atoms with Gasteiger partial charge in [-0.1, -0.05) is 0 Å². The average Bonchev–Trinajstić information content (AvgIpc) is 2.76. The van der Waals surface area contributed by atoms with E-state index in [2.05, 4.69) is 4.90 Å². The summed E-state index contributed by atoms with van der Waals surface area (Å²) < 4.78 is 27.2. The lowest BCUT2D eigenvalue weighted by Gasteiger charge is -2.38. The minimum atomic E-state index is -0.814. The fraction of sp³-hybridized carbons (Fsp3) is 0.455. The van der Waals surface area contributed by atoms with Crippen LogP contribution in [0.2, 0.25) is 0 Å². The molecule has 158 valence electrons. The second-order valence-electron chi connectivity index (χ2n) is 6.98. The molecule has 0 spiro atoms. The van der Waals surface area contributed by atoms with Gasteiger partial charge in [0.25, 0.3) is 0 Å². The highest BCUT2D eigenvalue weighted by molar-refractivity contribution is 5.55. The van der Waals surface area contributed by atoms with Crippen LogP contribution >= 0.6 is 0 Å². The van der Waals surface area contributed by atoms with Crippen molar-refractivity contribution >= 4 is 0 Å². The molecule has 0 saturated heterocycles. The van der Waals surface area contributed by atoms with Crippen LogP contribution < -0.4 is 23.7 Å². The molecule has 2 atom stereocenters. The summed E-state index contributed by atoms with van der Waals surface area (Å²) in [4.78, 5) is 2.14. The van der Waals surface area contributed by atoms with Crippen LogP contribution in [0.4, 0.5) is 0 Å². The number of nitrogens with zero attached hydrogens (tertiary/aromatic N) is 1. The zero-order valence-electron chi connectivity index (χ0n) is 17.8. The van der Waals surface area contributed by atoms with Crippen LogP contribution in [0, 0.1) is 0 Å². The monoisotopic (exact) mass is 403 g/mol. The summed E-state index contributed by atoms with van der Waals surface area (Å²) in [6, 6.07) is 7.26. The number of aliphatic hydroxyl groups excluding tert-OH is 1. The van der Waals surface area contributed by atoms with Gasteiger partial charge in [-0.3, -0.25) is 4.90 Å². The molecule has 0 radical (unpaired) electrons. The van der Waals surface area contributed by atoms with Crippen LogP contribution in [0.1, 0.15) is 28.8 Å². The smallest absolute Gasteiger partial charge is 0.203 e. The molecular formula is C22H29NO6. The lowest BCUT2D eigenvalue weighted by molar-refractivity contribution is 0.0554. The van der Waals surface area contributed by atoms with E-state index in [1.807, 2.05) is 19.2 Å². The van der Waals surface area contributed by atoms with E-state index in [0.29, 0.717) is 34.3 Å². The molecule has 1 N–H and O–H groups in total. The van der Waals surface area contributed by atoms with Gasteiger partial charge in [0.05, 0.1) is 47.7 Å². The van der Waals surface area contributed by atoms with Crippen molar-refractivity contribution in [2.24, 2.45) is 0 Å². The number of hydrogen-bond acceptors (Lipinski definition) is 7. The fourth-order valence-corrected chi connectivity index (χ4v) is 3.97. The van der Waals surface area contributed by atoms with Gasteiger partial charge in [-0.15, -0.1) is 0 Å². The maximum absolute atomic E-state index is 11.4. The predicted octanol–water partition coefficient (Wildman–Crippen LogP) is 2.99. The van der Waals surface area contributed by atoms with Crippen LogP contribution in [0.5, 0.6) is 28.7 Å². The number of fused-ring (bicyclic) bond motifs is 1. The van der Waals surface area contributed by atoms with Crippen LogP contribution in [-0.2, 0) is 6.42 Å². The van der Waals surface area contributed by atoms with E-state index >= 15 is 0 Å². The van der Waals surface area contributed by atoms with Crippen molar-refractivity contribution in [2.45, 2.75) is 18.6 Å². The molecule has 29 heavy (non-hydrogen) atoms. The average molecular weight is 403 g/mol. The van der Waals surface area contributed by atoms with Gasteiger partial charge >= 0.3 is 0 Å². The summed E-state index contributed by atoms with van der Waals surface area (Å²) in [5, 5.41) is 11.4. The zero-order chi connectivity index (χ0) is 21.1. The topological polar surface area (TPSA) is 69.6 Å². The van der Waals surface area contributed by atoms with E-state index in [4.69, 9.17) is 23.7 Å². The van der Waals surface area contributed by atoms with Crippen molar-refractivity contribution < 1.29 is 28.8 Å². The largest absolute Gasteiger partial charge is 0.493 e. The number of benzene rings is 2. The molecule has 0 fully saturated rings. The lowest BCUT2D eigenvalue weighted by atomic mass is 9.86. The standard InChI is InChI=1S/C22H29NO6/c1-23-8-7-13-9-16(25-2)17(26-3)12-15(13)20(23)21(24)14-10-18(27-4)22(29-6)19(11-14)28-5/h9-12,20-21,24H,7-8H2,1-6H3. The van der Waals surface area contributed by atoms with Gasteiger partial charge in [0.2, 0.25) is 5.75 Å². The number of rotatable bonds is 7. The fourth-order valence-electron chi connectivity index (χ4n) is 3.97. The van der Waals surface area contributed by atoms with Crippen LogP contribution in [-0.4, -0.2) is 59.1 Å². The third-order valence-electron chi connectivity index (χ3n) is 5.50. The highest BCUT2D eigenvalue weighted by atomic mass is 16.5. The van der Waals surface area contributed by atoms with E-state index < -0.39 is 6.10 Å². The van der Waals surface area contributed by atoms with Gasteiger partial charge in [-0.25, -0.2) is 0 Å². The van der Waals surface area contributed by atoms with Gasteiger partial charge in [0.1, 0.15) is 0 Å². The molecule has 0 saturated carbocycles. The molecule has 2 aromatic rings. The molecule has 0 bridgehead atoms. The summed E-state index contributed by atoms with van der Waals surface area (Å²) in [7, 11) is 9.93. The minimum absolute atomic E-state index is 0.263. The predicted molar refractivity (Wildman–Crippen MR) is 110 cm³/mol. The number of likely N-dealkylation sites (N-methyl/N-ethyl adjacent to an activating group) is 1. The Balaban J connectivity index is 2.09. The van der Waals surface area contributed by atoms with E-state index in [1.54, 1.807) is 47.7 Å². The lowest BCUT2D eigenvalue weighted by Crippen LogP contribution is -2.36. The molecule has 1 aliphatic heterocycles. The first kappa shape index (κ1) is 21.1. The Morgan fingerprint density at radius 3 is 1.90 bits per heavy atom. The van der Waals surface area contributed by atoms with Crippen LogP contribution in [0.3, 0.4) is 0 Å². The SMILES string of the molecule is COc1cc2c(cc1OC)C(C(O)c1cc(OC)c(OC)c(OC)c1)N(C)CC2. The van der Waals surface area contributed by atoms with Gasteiger partial charge in [0, 0.05) is 6.54 Å². The summed E-state index contributed by atoms with van der Waals surface area (Å²) in [5.41, 5.74) is 2.83. The maximum Gasteiger partial charge on any atom is 0.203 e. The Bertz CT molecular complexity index is 844. The van der Waals surface area contributed by atoms with Crippen molar-refractivity contribution in [1.29, 1.82) is 0 Å². The zero-order valence-corrected chi connectivity index (χ0v) is 17.8. The normalized spacial score (nSPS) is 17.3. The van der Waals surface area contributed by atoms with Crippen LogP contribution in [0.15, 0.2) is 24.3 Å². The molecule has 1 heterocycles. The molecule has 7 heteroatoms. The first-order chi connectivity index (χ1) is 14.0. The molecule has 2 aromatic carbocycles. The Morgan fingerprint density at radius 2 is 1.38 bits per heavy atom. The van der Waals surface area contributed by atoms with Crippen LogP contribution in [0.25, 0.3) is 0 Å². The Labute approximate surface area is 171 Å². The first-order valence-corrected chi connectivity index (χ1v) is 9.42. The van der Waals surface area contributed by atoms with E-state index in [9.17, 15) is 5.11 Å². The molecule has 0 aliphatic carbocycles. The van der Waals surface area contributed by atoms with Crippen molar-refractivity contribution in [2.75, 3.05) is 49.1 Å². The number of hydrogen-bond donors (Lipinski definition) is 1. The Morgan fingerprint density at radius 1 is 0.828 bits per heavy atom. The van der Waals surface area contributed by atoms with Crippen molar-refractivity contribution in [3.8, 4) is 28.7 Å². The summed E-state index contributed by atoms with van der Waals surface area (Å²) in [6.45, 7) is 0.814. The molecule has 0 amide bonds. The Kier molecular flexibility index (Phi) is 6.39. The molecule has 3 rings (SSSR count). The van der Waals surface area contributed by atoms with E-state index in [-0.39, 0.29) is 6.04 Å². The molecule has 0 aromatic heterocycles. The van der Waals surface area contributed by atoms with E-state index in [1.165, 1.54) is 0 Å². The highest BCUT2D eigenvalue weighted by Gasteiger charge is 2.34. The van der Waals surface area contributed by atoms with Gasteiger partial charge in [-0.2, -0.15) is 0 Å². The second kappa shape index (κ2) is 8.80. The molecular weight excluding hydrogens is 374 g/mol. The molecule has 7 nitrogen and oxygen atoms in total. The van der Waals surface area contributed by atoms with E-state index in [0.717, 1.165) is 24.1 Å². The minimum Gasteiger partial charge on any atom is -0.493 e. The molecule has 2 unspecified atom stereocenters. The second-order valence-corrected chi connectivity index (χ2v) is 6.98. The summed E-state index contributed by atoms with van der Waals surface area (Å²) >= 11 is 0. The third-order valence-corrected chi connectivity index (χ3v) is 5.50. The number of aliphatic hydroxyl groups is 1. The first-order valence-electron chi connectivity index (χ1n) is 9.42. The van der Waals surface area contributed by atoms with Gasteiger partial charge in [0.15, 0.2) is 23.0 Å². The highest BCUT2D eigenvalue weighted by Crippen LogP contribution is 2.46. The third kappa shape index (κ3) is 3.80. The van der Waals surface area contributed by atoms with Gasteiger partial charge < -0.3 is 28.8 Å². The Hall–Kier alpha value is -2.64. The van der Waals surface area contributed by atoms with Crippen molar-refractivity contribution in [3.05, 3.63) is 41.0 Å². The maximum atomic E-state index is 11.4.